The van der Waals surface area contributed by atoms with E-state index in [9.17, 15) is 14.0 Å². The van der Waals surface area contributed by atoms with Crippen LogP contribution in [-0.2, 0) is 9.53 Å². The summed E-state index contributed by atoms with van der Waals surface area (Å²) in [5.41, 5.74) is 0.834. The topological polar surface area (TPSA) is 79.5 Å². The summed E-state index contributed by atoms with van der Waals surface area (Å²) in [6.45, 7) is 0.624. The van der Waals surface area contributed by atoms with Crippen molar-refractivity contribution in [2.45, 2.75) is 6.04 Å². The van der Waals surface area contributed by atoms with Crippen molar-refractivity contribution in [1.29, 1.82) is 0 Å². The van der Waals surface area contributed by atoms with Gasteiger partial charge in [0.05, 0.1) is 19.2 Å². The fraction of sp³-hybridized carbons (Fsp3) is 0.294. The number of ether oxygens (including phenoxy) is 1. The second-order valence-electron chi connectivity index (χ2n) is 5.18. The lowest BCUT2D eigenvalue weighted by Crippen LogP contribution is -2.44. The number of carbonyl (C=O) groups excluding carboxylic acids is 2. The summed E-state index contributed by atoms with van der Waals surface area (Å²) in [5.74, 6) is -0.780. The molecule has 3 N–H and O–H groups in total. The Kier molecular flexibility index (Phi) is 7.52. The van der Waals surface area contributed by atoms with Crippen molar-refractivity contribution in [1.82, 2.24) is 16.0 Å². The van der Waals surface area contributed by atoms with Crippen molar-refractivity contribution in [3.05, 3.63) is 58.0 Å². The number of carbonyl (C=O) groups is 2. The molecule has 2 aromatic rings. The van der Waals surface area contributed by atoms with Gasteiger partial charge in [-0.2, -0.15) is 0 Å². The van der Waals surface area contributed by atoms with Crippen molar-refractivity contribution in [2.75, 3.05) is 26.8 Å². The summed E-state index contributed by atoms with van der Waals surface area (Å²) in [7, 11) is 1.52. The Bertz CT molecular complexity index is 677. The third kappa shape index (κ3) is 6.26. The van der Waals surface area contributed by atoms with Crippen LogP contribution in [0.1, 0.15) is 16.5 Å². The van der Waals surface area contributed by atoms with E-state index in [1.54, 1.807) is 12.1 Å². The quantitative estimate of drug-likeness (QED) is 0.626. The van der Waals surface area contributed by atoms with Crippen LogP contribution in [0.5, 0.6) is 0 Å². The first-order valence-corrected chi connectivity index (χ1v) is 8.57. The van der Waals surface area contributed by atoms with Crippen LogP contribution in [0.4, 0.5) is 9.18 Å². The van der Waals surface area contributed by atoms with Gasteiger partial charge in [-0.15, -0.1) is 11.3 Å². The fourth-order valence-electron chi connectivity index (χ4n) is 2.17. The lowest BCUT2D eigenvalue weighted by molar-refractivity contribution is -0.119. The number of methoxy groups -OCH3 is 1. The van der Waals surface area contributed by atoms with Crippen molar-refractivity contribution in [3.8, 4) is 0 Å². The van der Waals surface area contributed by atoms with E-state index in [0.717, 1.165) is 10.4 Å². The molecular weight excluding hydrogens is 345 g/mol. The van der Waals surface area contributed by atoms with Gasteiger partial charge in [0.1, 0.15) is 5.82 Å². The van der Waals surface area contributed by atoms with E-state index in [0.29, 0.717) is 13.2 Å². The van der Waals surface area contributed by atoms with Crippen LogP contribution >= 0.6 is 11.3 Å². The first kappa shape index (κ1) is 19.0. The standard InChI is InChI=1S/C17H20FN3O3S/c1-24-9-8-19-17(23)21-15(22)11-20-16(14-3-2-10-25-14)12-4-6-13(18)7-5-12/h2-7,10,16,20H,8-9,11H2,1H3,(H2,19,21,22,23). The highest BCUT2D eigenvalue weighted by Gasteiger charge is 2.17. The Balaban J connectivity index is 1.93. The summed E-state index contributed by atoms with van der Waals surface area (Å²) < 4.78 is 18.0. The van der Waals surface area contributed by atoms with Gasteiger partial charge in [0.15, 0.2) is 0 Å². The molecule has 0 fully saturated rings. The van der Waals surface area contributed by atoms with Gasteiger partial charge in [-0.3, -0.25) is 15.4 Å². The summed E-state index contributed by atoms with van der Waals surface area (Å²) in [6.07, 6.45) is 0. The lowest BCUT2D eigenvalue weighted by atomic mass is 10.1. The summed E-state index contributed by atoms with van der Waals surface area (Å²) in [4.78, 5) is 24.5. The van der Waals surface area contributed by atoms with E-state index in [4.69, 9.17) is 4.74 Å². The Morgan fingerprint density at radius 1 is 1.24 bits per heavy atom. The Morgan fingerprint density at radius 3 is 2.64 bits per heavy atom. The highest BCUT2D eigenvalue weighted by molar-refractivity contribution is 7.10. The van der Waals surface area contributed by atoms with Crippen LogP contribution in [0.3, 0.4) is 0 Å². The zero-order valence-corrected chi connectivity index (χ0v) is 14.6. The van der Waals surface area contributed by atoms with Crippen LogP contribution in [0.25, 0.3) is 0 Å². The van der Waals surface area contributed by atoms with Crippen molar-refractivity contribution < 1.29 is 18.7 Å². The number of hydrogen-bond acceptors (Lipinski definition) is 5. The number of urea groups is 1. The molecule has 0 aliphatic rings. The van der Waals surface area contributed by atoms with Crippen LogP contribution < -0.4 is 16.0 Å². The van der Waals surface area contributed by atoms with Crippen LogP contribution in [0.2, 0.25) is 0 Å². The Labute approximate surface area is 149 Å². The second-order valence-corrected chi connectivity index (χ2v) is 6.16. The normalized spacial score (nSPS) is 11.8. The SMILES string of the molecule is COCCNC(=O)NC(=O)CNC(c1ccc(F)cc1)c1cccs1. The van der Waals surface area contributed by atoms with Crippen LogP contribution in [-0.4, -0.2) is 38.7 Å². The molecule has 0 aliphatic carbocycles. The van der Waals surface area contributed by atoms with Crippen molar-refractivity contribution >= 4 is 23.3 Å². The maximum Gasteiger partial charge on any atom is 0.321 e. The summed E-state index contributed by atoms with van der Waals surface area (Å²) >= 11 is 1.53. The van der Waals surface area contributed by atoms with E-state index < -0.39 is 11.9 Å². The van der Waals surface area contributed by atoms with Gasteiger partial charge in [0.2, 0.25) is 5.91 Å². The number of benzene rings is 1. The molecule has 1 atom stereocenters. The van der Waals surface area contributed by atoms with Gasteiger partial charge in [0.25, 0.3) is 0 Å². The average Bonchev–Trinajstić information content (AvgIpc) is 3.11. The largest absolute Gasteiger partial charge is 0.383 e. The number of rotatable bonds is 8. The second kappa shape index (κ2) is 9.87. The van der Waals surface area contributed by atoms with Crippen molar-refractivity contribution in [3.63, 3.8) is 0 Å². The highest BCUT2D eigenvalue weighted by Crippen LogP contribution is 2.25. The molecule has 2 rings (SSSR count). The molecule has 6 nitrogen and oxygen atoms in total. The molecule has 0 spiro atoms. The lowest BCUT2D eigenvalue weighted by Gasteiger charge is -2.18. The summed E-state index contributed by atoms with van der Waals surface area (Å²) in [5, 5.41) is 9.77. The molecule has 0 radical (unpaired) electrons. The zero-order valence-electron chi connectivity index (χ0n) is 13.8. The molecule has 8 heteroatoms. The Hall–Kier alpha value is -2.29. The number of thiophene rings is 1. The number of hydrogen-bond donors (Lipinski definition) is 3. The fourth-order valence-corrected chi connectivity index (χ4v) is 3.00. The van der Waals surface area contributed by atoms with Crippen molar-refractivity contribution in [2.24, 2.45) is 0 Å². The molecule has 1 aromatic heterocycles. The third-order valence-corrected chi connectivity index (χ3v) is 4.28. The molecule has 0 saturated carbocycles. The van der Waals surface area contributed by atoms with E-state index >= 15 is 0 Å². The number of nitrogens with one attached hydrogen (secondary N) is 3. The smallest absolute Gasteiger partial charge is 0.321 e. The maximum absolute atomic E-state index is 13.1. The van der Waals surface area contributed by atoms with Crippen LogP contribution in [0.15, 0.2) is 41.8 Å². The van der Waals surface area contributed by atoms with Gasteiger partial charge < -0.3 is 10.1 Å². The number of imide groups is 1. The molecule has 0 aliphatic heterocycles. The Morgan fingerprint density at radius 2 is 2.00 bits per heavy atom. The van der Waals surface area contributed by atoms with Gasteiger partial charge in [-0.1, -0.05) is 18.2 Å². The van der Waals surface area contributed by atoms with Gasteiger partial charge >= 0.3 is 6.03 Å². The first-order chi connectivity index (χ1) is 12.1. The van der Waals surface area contributed by atoms with Gasteiger partial charge in [-0.05, 0) is 29.1 Å². The molecule has 1 aromatic carbocycles. The first-order valence-electron chi connectivity index (χ1n) is 7.69. The van der Waals surface area contributed by atoms with E-state index in [2.05, 4.69) is 16.0 Å². The molecule has 25 heavy (non-hydrogen) atoms. The minimum atomic E-state index is -0.571. The predicted molar refractivity (Wildman–Crippen MR) is 94.0 cm³/mol. The van der Waals surface area contributed by atoms with E-state index in [1.165, 1.54) is 30.6 Å². The van der Waals surface area contributed by atoms with E-state index in [-0.39, 0.29) is 18.4 Å². The molecule has 0 bridgehead atoms. The van der Waals surface area contributed by atoms with E-state index in [1.807, 2.05) is 17.5 Å². The zero-order chi connectivity index (χ0) is 18.1. The molecule has 1 heterocycles. The monoisotopic (exact) mass is 365 g/mol. The predicted octanol–water partition coefficient (Wildman–Crippen LogP) is 2.04. The molecule has 3 amide bonds. The maximum atomic E-state index is 13.1. The molecule has 1 unspecified atom stereocenters. The number of amides is 3. The van der Waals surface area contributed by atoms with Gasteiger partial charge in [0, 0.05) is 18.5 Å². The highest BCUT2D eigenvalue weighted by atomic mass is 32.1. The third-order valence-electron chi connectivity index (χ3n) is 3.34. The van der Waals surface area contributed by atoms with Gasteiger partial charge in [-0.25, -0.2) is 9.18 Å². The molecular formula is C17H20FN3O3S. The minimum Gasteiger partial charge on any atom is -0.383 e. The molecule has 0 saturated heterocycles. The van der Waals surface area contributed by atoms with Crippen LogP contribution in [0, 0.1) is 5.82 Å². The average molecular weight is 365 g/mol. The molecule has 134 valence electrons. The number of halogens is 1. The summed E-state index contributed by atoms with van der Waals surface area (Å²) in [6, 6.07) is 9.09. The minimum absolute atomic E-state index is 0.0579.